The van der Waals surface area contributed by atoms with Crippen molar-refractivity contribution in [1.82, 2.24) is 5.32 Å². The van der Waals surface area contributed by atoms with Gasteiger partial charge >= 0.3 is 0 Å². The summed E-state index contributed by atoms with van der Waals surface area (Å²) in [6, 6.07) is 0. The summed E-state index contributed by atoms with van der Waals surface area (Å²) in [6.45, 7) is 4.34. The van der Waals surface area contributed by atoms with Crippen LogP contribution in [0.4, 0.5) is 0 Å². The molecule has 1 N–H and O–H groups in total. The van der Waals surface area contributed by atoms with Gasteiger partial charge in [-0.2, -0.15) is 0 Å². The third-order valence-corrected chi connectivity index (χ3v) is 2.24. The smallest absolute Gasteiger partial charge is 0.295 e. The zero-order valence-electron chi connectivity index (χ0n) is 9.47. The van der Waals surface area contributed by atoms with Crippen LogP contribution >= 0.6 is 12.6 Å². The second-order valence-electron chi connectivity index (χ2n) is 3.00. The topological polar surface area (TPSA) is 76.8 Å². The van der Waals surface area contributed by atoms with E-state index in [1.165, 1.54) is 0 Å². The fraction of sp³-hybridized carbons (Fsp3) is 0.667. The van der Waals surface area contributed by atoms with E-state index < -0.39 is 5.09 Å². The number of nitrogens with one attached hydrogen (secondary N) is 1. The lowest BCUT2D eigenvalue weighted by Gasteiger charge is -2.04. The van der Waals surface area contributed by atoms with Gasteiger partial charge in [-0.05, 0) is 19.8 Å². The summed E-state index contributed by atoms with van der Waals surface area (Å²) < 4.78 is 0. The van der Waals surface area contributed by atoms with Crippen LogP contribution in [-0.2, 0) is 4.84 Å². The summed E-state index contributed by atoms with van der Waals surface area (Å²) in [5, 5.41) is 11.8. The molecule has 0 aromatic carbocycles. The number of thiol groups is 1. The van der Waals surface area contributed by atoms with Crippen LogP contribution in [-0.4, -0.2) is 24.6 Å². The zero-order valence-corrected chi connectivity index (χ0v) is 10.4. The van der Waals surface area contributed by atoms with E-state index in [1.54, 1.807) is 0 Å². The molecule has 0 rings (SSSR count). The quantitative estimate of drug-likeness (QED) is 0.171. The summed E-state index contributed by atoms with van der Waals surface area (Å²) in [4.78, 5) is 19.0. The van der Waals surface area contributed by atoms with Crippen molar-refractivity contribution in [3.8, 4) is 0 Å². The zero-order chi connectivity index (χ0) is 12.4. The van der Waals surface area contributed by atoms with E-state index in [0.29, 0.717) is 13.0 Å². The van der Waals surface area contributed by atoms with Crippen LogP contribution in [0.25, 0.3) is 0 Å². The number of nitrogens with zero attached hydrogens (tertiary/aromatic N) is 2. The Hall–Kier alpha value is -1.08. The molecule has 0 heterocycles. The highest BCUT2D eigenvalue weighted by molar-refractivity contribution is 7.84. The molecule has 0 aliphatic rings. The number of hydrogen-bond acceptors (Lipinski definition) is 6. The summed E-state index contributed by atoms with van der Waals surface area (Å²) in [5.41, 5.74) is 0.863. The fourth-order valence-electron chi connectivity index (χ4n) is 0.861. The molecule has 6 nitrogen and oxygen atoms in total. The van der Waals surface area contributed by atoms with Gasteiger partial charge in [0, 0.05) is 23.4 Å². The van der Waals surface area contributed by atoms with E-state index in [0.717, 1.165) is 17.0 Å². The Balaban J connectivity index is 3.75. The molecule has 0 atom stereocenters. The van der Waals surface area contributed by atoms with Crippen LogP contribution in [0.3, 0.4) is 0 Å². The highest BCUT2D eigenvalue weighted by atomic mass is 32.1. The number of aliphatic imine (C=N–C) groups is 1. The van der Waals surface area contributed by atoms with Crippen LogP contribution in [0, 0.1) is 10.1 Å². The minimum absolute atomic E-state index is 0.106. The molecule has 7 heteroatoms. The highest BCUT2D eigenvalue weighted by Gasteiger charge is 1.97. The van der Waals surface area contributed by atoms with E-state index in [-0.39, 0.29) is 6.73 Å². The molecule has 0 aromatic heterocycles. The number of allylic oxidation sites excluding steroid dienone is 1. The first kappa shape index (κ1) is 14.9. The van der Waals surface area contributed by atoms with Gasteiger partial charge in [-0.1, -0.05) is 6.92 Å². The largest absolute Gasteiger partial charge is 0.299 e. The minimum Gasteiger partial charge on any atom is -0.299 e. The highest BCUT2D eigenvalue weighted by Crippen LogP contribution is 2.12. The van der Waals surface area contributed by atoms with E-state index in [1.807, 2.05) is 20.1 Å². The molecule has 0 fully saturated rings. The Labute approximate surface area is 100 Å². The maximum atomic E-state index is 9.82. The van der Waals surface area contributed by atoms with Crippen molar-refractivity contribution in [2.75, 3.05) is 13.3 Å². The Morgan fingerprint density at radius 3 is 2.94 bits per heavy atom. The van der Waals surface area contributed by atoms with Crippen LogP contribution in [0.5, 0.6) is 0 Å². The van der Waals surface area contributed by atoms with Crippen molar-refractivity contribution in [2.24, 2.45) is 4.99 Å². The maximum absolute atomic E-state index is 9.82. The molecule has 16 heavy (non-hydrogen) atoms. The lowest BCUT2D eigenvalue weighted by atomic mass is 10.3. The first-order valence-electron chi connectivity index (χ1n) is 4.97. The summed E-state index contributed by atoms with van der Waals surface area (Å²) in [7, 11) is 0. The maximum Gasteiger partial charge on any atom is 0.295 e. The van der Waals surface area contributed by atoms with Crippen molar-refractivity contribution in [2.45, 2.75) is 26.7 Å². The molecule has 92 valence electrons. The van der Waals surface area contributed by atoms with E-state index >= 15 is 0 Å². The summed E-state index contributed by atoms with van der Waals surface area (Å²) >= 11 is 4.29. The van der Waals surface area contributed by atoms with Gasteiger partial charge in [0.1, 0.15) is 6.73 Å². The molecule has 0 amide bonds. The monoisotopic (exact) mass is 247 g/mol. The van der Waals surface area contributed by atoms with Gasteiger partial charge in [0.05, 0.1) is 0 Å². The van der Waals surface area contributed by atoms with Gasteiger partial charge in [-0.3, -0.25) is 15.1 Å². The molecule has 0 spiro atoms. The van der Waals surface area contributed by atoms with Crippen molar-refractivity contribution >= 4 is 18.8 Å². The van der Waals surface area contributed by atoms with Crippen LogP contribution in [0.2, 0.25) is 0 Å². The Morgan fingerprint density at radius 2 is 2.38 bits per heavy atom. The molecular weight excluding hydrogens is 230 g/mol. The van der Waals surface area contributed by atoms with Crippen molar-refractivity contribution in [3.63, 3.8) is 0 Å². The second kappa shape index (κ2) is 9.17. The average Bonchev–Trinajstić information content (AvgIpc) is 2.24. The Bertz CT molecular complexity index is 279. The van der Waals surface area contributed by atoms with Crippen molar-refractivity contribution in [3.05, 3.63) is 20.7 Å². The van der Waals surface area contributed by atoms with Crippen molar-refractivity contribution < 1.29 is 9.92 Å². The third-order valence-electron chi connectivity index (χ3n) is 1.70. The first-order valence-corrected chi connectivity index (χ1v) is 5.42. The molecule has 0 unspecified atom stereocenters. The molecular formula is C9H17N3O3S. The summed E-state index contributed by atoms with van der Waals surface area (Å²) in [6.07, 6.45) is 3.36. The molecule has 0 aliphatic heterocycles. The lowest BCUT2D eigenvalue weighted by molar-refractivity contribution is -0.758. The molecule has 0 aromatic rings. The van der Waals surface area contributed by atoms with Gasteiger partial charge in [0.15, 0.2) is 0 Å². The summed E-state index contributed by atoms with van der Waals surface area (Å²) in [5.74, 6) is 0. The first-order chi connectivity index (χ1) is 7.57. The van der Waals surface area contributed by atoms with Gasteiger partial charge in [-0.15, -0.1) is 22.7 Å². The minimum atomic E-state index is -0.832. The van der Waals surface area contributed by atoms with E-state index in [9.17, 15) is 10.1 Å². The average molecular weight is 247 g/mol. The third kappa shape index (κ3) is 8.25. The van der Waals surface area contributed by atoms with Gasteiger partial charge < -0.3 is 0 Å². The van der Waals surface area contributed by atoms with Crippen LogP contribution in [0.1, 0.15) is 26.7 Å². The van der Waals surface area contributed by atoms with Crippen molar-refractivity contribution in [1.29, 1.82) is 0 Å². The Kier molecular flexibility index (Phi) is 8.55. The molecule has 0 saturated carbocycles. The molecule has 0 saturated heterocycles. The van der Waals surface area contributed by atoms with Crippen LogP contribution in [0.15, 0.2) is 15.6 Å². The predicted molar refractivity (Wildman–Crippen MR) is 66.0 cm³/mol. The lowest BCUT2D eigenvalue weighted by Crippen LogP contribution is -2.21. The fourth-order valence-corrected chi connectivity index (χ4v) is 1.03. The number of rotatable bonds is 8. The number of hydrogen-bond donors (Lipinski definition) is 2. The second-order valence-corrected chi connectivity index (χ2v) is 3.54. The van der Waals surface area contributed by atoms with Gasteiger partial charge in [-0.25, -0.2) is 0 Å². The van der Waals surface area contributed by atoms with E-state index in [4.69, 9.17) is 0 Å². The van der Waals surface area contributed by atoms with E-state index in [2.05, 4.69) is 27.8 Å². The molecule has 0 radical (unpaired) electrons. The predicted octanol–water partition coefficient (Wildman–Crippen LogP) is 1.77. The standard InChI is InChI=1S/C9H17N3O3S/c1-3-5-11-8(2)9(16)4-6-10-7-15-12(13)14/h5,10,16H,3-4,6-7H2,1-2H3/b9-8-,11-5?. The van der Waals surface area contributed by atoms with Crippen LogP contribution < -0.4 is 5.32 Å². The van der Waals surface area contributed by atoms with Gasteiger partial charge in [0.2, 0.25) is 0 Å². The molecule has 0 bridgehead atoms. The van der Waals surface area contributed by atoms with Gasteiger partial charge in [0.25, 0.3) is 5.09 Å². The Morgan fingerprint density at radius 1 is 1.69 bits per heavy atom. The normalized spacial score (nSPS) is 12.7. The SMILES string of the molecule is CCC=N/C(C)=C(\S)CCNCO[N+](=O)[O-]. The molecule has 0 aliphatic carbocycles.